The number of methoxy groups -OCH3 is 1. The lowest BCUT2D eigenvalue weighted by molar-refractivity contribution is -0.127. The van der Waals surface area contributed by atoms with Crippen LogP contribution in [0.1, 0.15) is 30.9 Å². The van der Waals surface area contributed by atoms with Crippen LogP contribution in [-0.2, 0) is 9.53 Å². The van der Waals surface area contributed by atoms with Gasteiger partial charge in [-0.25, -0.2) is 0 Å². The highest BCUT2D eigenvalue weighted by Crippen LogP contribution is 2.49. The molecule has 4 nitrogen and oxygen atoms in total. The number of halogens is 2. The highest BCUT2D eigenvalue weighted by Gasteiger charge is 2.49. The number of amides is 1. The number of carbonyl (C=O) groups excluding carboxylic acids is 1. The molecule has 0 radical (unpaired) electrons. The molecule has 1 amide bonds. The number of nitrogens with one attached hydrogen (secondary N) is 1. The fourth-order valence-corrected chi connectivity index (χ4v) is 2.66. The van der Waals surface area contributed by atoms with Gasteiger partial charge in [0.1, 0.15) is 6.04 Å². The van der Waals surface area contributed by atoms with Crippen LogP contribution in [0.5, 0.6) is 0 Å². The number of hydrogen-bond acceptors (Lipinski definition) is 3. The summed E-state index contributed by atoms with van der Waals surface area (Å²) in [5, 5.41) is 12.7. The molecule has 21 heavy (non-hydrogen) atoms. The van der Waals surface area contributed by atoms with Gasteiger partial charge >= 0.3 is 0 Å². The van der Waals surface area contributed by atoms with Crippen LogP contribution in [0.25, 0.3) is 0 Å². The summed E-state index contributed by atoms with van der Waals surface area (Å²) in [6.45, 7) is 0.530. The van der Waals surface area contributed by atoms with Crippen LogP contribution in [0.4, 0.5) is 0 Å². The monoisotopic (exact) mass is 326 g/mol. The van der Waals surface area contributed by atoms with Gasteiger partial charge in [-0.15, -0.1) is 0 Å². The molecule has 0 unspecified atom stereocenters. The predicted octanol–water partition coefficient (Wildman–Crippen LogP) is 3.49. The summed E-state index contributed by atoms with van der Waals surface area (Å²) in [5.74, 6) is -0.123. The molecular weight excluding hydrogens is 311 g/mol. The zero-order valence-corrected chi connectivity index (χ0v) is 13.2. The van der Waals surface area contributed by atoms with E-state index in [1.165, 1.54) is 0 Å². The first-order valence-corrected chi connectivity index (χ1v) is 7.43. The van der Waals surface area contributed by atoms with Gasteiger partial charge in [0.15, 0.2) is 0 Å². The van der Waals surface area contributed by atoms with Crippen LogP contribution in [0.2, 0.25) is 10.0 Å². The quantitative estimate of drug-likeness (QED) is 0.870. The SMILES string of the molecule is COCCC1(C(=O)N[C@H](C#N)c2cccc(Cl)c2Cl)CC1. The van der Waals surface area contributed by atoms with E-state index in [1.807, 2.05) is 0 Å². The van der Waals surface area contributed by atoms with Crippen molar-refractivity contribution in [1.29, 1.82) is 5.26 Å². The standard InChI is InChI=1S/C15H16Cl2N2O2/c1-21-8-7-15(5-6-15)14(20)19-12(9-18)10-3-2-4-11(16)13(10)17/h2-4,12H,5-8H2,1H3,(H,19,20)/t12-/m1/s1. The Bertz CT molecular complexity index is 580. The van der Waals surface area contributed by atoms with Crippen LogP contribution < -0.4 is 5.32 Å². The minimum Gasteiger partial charge on any atom is -0.385 e. The minimum atomic E-state index is -0.802. The van der Waals surface area contributed by atoms with Crippen molar-refractivity contribution in [3.8, 4) is 6.07 Å². The van der Waals surface area contributed by atoms with E-state index in [2.05, 4.69) is 11.4 Å². The maximum atomic E-state index is 12.4. The average molecular weight is 327 g/mol. The number of hydrogen-bond donors (Lipinski definition) is 1. The lowest BCUT2D eigenvalue weighted by Crippen LogP contribution is -2.35. The molecule has 112 valence electrons. The molecule has 1 aromatic carbocycles. The van der Waals surface area contributed by atoms with E-state index >= 15 is 0 Å². The van der Waals surface area contributed by atoms with E-state index in [9.17, 15) is 10.1 Å². The minimum absolute atomic E-state index is 0.123. The van der Waals surface area contributed by atoms with Crippen molar-refractivity contribution >= 4 is 29.1 Å². The second-order valence-corrected chi connectivity index (χ2v) is 5.99. The van der Waals surface area contributed by atoms with Crippen molar-refractivity contribution in [2.45, 2.75) is 25.3 Å². The summed E-state index contributed by atoms with van der Waals surface area (Å²) in [4.78, 5) is 12.4. The number of nitrogens with zero attached hydrogens (tertiary/aromatic N) is 1. The lowest BCUT2D eigenvalue weighted by Gasteiger charge is -2.19. The molecule has 1 aliphatic rings. The molecule has 2 rings (SSSR count). The Morgan fingerprint density at radius 2 is 2.24 bits per heavy atom. The number of rotatable bonds is 6. The zero-order chi connectivity index (χ0) is 15.5. The van der Waals surface area contributed by atoms with Crippen molar-refractivity contribution in [2.24, 2.45) is 5.41 Å². The molecule has 0 spiro atoms. The van der Waals surface area contributed by atoms with Crippen LogP contribution in [0.3, 0.4) is 0 Å². The molecule has 1 N–H and O–H groups in total. The maximum absolute atomic E-state index is 12.4. The van der Waals surface area contributed by atoms with Crippen LogP contribution in [0.15, 0.2) is 18.2 Å². The highest BCUT2D eigenvalue weighted by atomic mass is 35.5. The first-order chi connectivity index (χ1) is 10.0. The molecule has 6 heteroatoms. The van der Waals surface area contributed by atoms with E-state index in [0.717, 1.165) is 12.8 Å². The van der Waals surface area contributed by atoms with Gasteiger partial charge in [-0.2, -0.15) is 5.26 Å². The van der Waals surface area contributed by atoms with E-state index in [1.54, 1.807) is 25.3 Å². The Labute approximate surface area is 134 Å². The molecule has 1 fully saturated rings. The van der Waals surface area contributed by atoms with Gasteiger partial charge in [0.25, 0.3) is 0 Å². The Balaban J connectivity index is 2.11. The van der Waals surface area contributed by atoms with E-state index < -0.39 is 11.5 Å². The number of benzene rings is 1. The van der Waals surface area contributed by atoms with Crippen LogP contribution in [0, 0.1) is 16.7 Å². The van der Waals surface area contributed by atoms with Crippen molar-refractivity contribution in [3.63, 3.8) is 0 Å². The fourth-order valence-electron chi connectivity index (χ4n) is 2.25. The summed E-state index contributed by atoms with van der Waals surface area (Å²) in [7, 11) is 1.61. The summed E-state index contributed by atoms with van der Waals surface area (Å²) in [5.41, 5.74) is 0.124. The van der Waals surface area contributed by atoms with Crippen molar-refractivity contribution in [3.05, 3.63) is 33.8 Å². The van der Waals surface area contributed by atoms with Gasteiger partial charge < -0.3 is 10.1 Å². The Kier molecular flexibility index (Phi) is 5.10. The largest absolute Gasteiger partial charge is 0.385 e. The van der Waals surface area contributed by atoms with E-state index in [-0.39, 0.29) is 5.91 Å². The van der Waals surface area contributed by atoms with Gasteiger partial charge in [0, 0.05) is 19.3 Å². The third kappa shape index (κ3) is 3.49. The molecular formula is C15H16Cl2N2O2. The third-order valence-electron chi connectivity index (χ3n) is 3.82. The molecule has 0 aliphatic heterocycles. The molecule has 1 aliphatic carbocycles. The highest BCUT2D eigenvalue weighted by molar-refractivity contribution is 6.42. The second kappa shape index (κ2) is 6.65. The molecule has 0 aromatic heterocycles. The first kappa shape index (κ1) is 16.1. The predicted molar refractivity (Wildman–Crippen MR) is 81.1 cm³/mol. The van der Waals surface area contributed by atoms with Gasteiger partial charge in [0.2, 0.25) is 5.91 Å². The fraction of sp³-hybridized carbons (Fsp3) is 0.467. The van der Waals surface area contributed by atoms with E-state index in [0.29, 0.717) is 28.6 Å². The molecule has 1 saturated carbocycles. The van der Waals surface area contributed by atoms with Gasteiger partial charge in [-0.1, -0.05) is 35.3 Å². The third-order valence-corrected chi connectivity index (χ3v) is 4.65. The molecule has 1 aromatic rings. The Morgan fingerprint density at radius 3 is 2.81 bits per heavy atom. The second-order valence-electron chi connectivity index (χ2n) is 5.20. The molecule has 0 bridgehead atoms. The van der Waals surface area contributed by atoms with Gasteiger partial charge in [-0.3, -0.25) is 4.79 Å². The normalized spacial score (nSPS) is 16.9. The summed E-state index contributed by atoms with van der Waals surface area (Å²) < 4.78 is 5.04. The summed E-state index contributed by atoms with van der Waals surface area (Å²) in [6, 6.07) is 6.31. The van der Waals surface area contributed by atoms with Gasteiger partial charge in [0.05, 0.1) is 21.5 Å². The Morgan fingerprint density at radius 1 is 1.52 bits per heavy atom. The average Bonchev–Trinajstić information content (AvgIpc) is 3.27. The van der Waals surface area contributed by atoms with Crippen molar-refractivity contribution < 1.29 is 9.53 Å². The molecule has 0 saturated heterocycles. The summed E-state index contributed by atoms with van der Waals surface area (Å²) >= 11 is 12.1. The van der Waals surface area contributed by atoms with Crippen molar-refractivity contribution in [1.82, 2.24) is 5.32 Å². The first-order valence-electron chi connectivity index (χ1n) is 6.67. The van der Waals surface area contributed by atoms with Crippen LogP contribution >= 0.6 is 23.2 Å². The van der Waals surface area contributed by atoms with Crippen molar-refractivity contribution in [2.75, 3.05) is 13.7 Å². The topological polar surface area (TPSA) is 62.1 Å². The number of ether oxygens (including phenoxy) is 1. The van der Waals surface area contributed by atoms with Gasteiger partial charge in [-0.05, 0) is 25.3 Å². The summed E-state index contributed by atoms with van der Waals surface area (Å²) in [6.07, 6.45) is 2.31. The number of nitriles is 1. The maximum Gasteiger partial charge on any atom is 0.227 e. The lowest BCUT2D eigenvalue weighted by atomic mass is 10.0. The Hall–Kier alpha value is -1.28. The van der Waals surface area contributed by atoms with Crippen LogP contribution in [-0.4, -0.2) is 19.6 Å². The molecule has 0 heterocycles. The van der Waals surface area contributed by atoms with E-state index in [4.69, 9.17) is 27.9 Å². The molecule has 1 atom stereocenters. The smallest absolute Gasteiger partial charge is 0.227 e. The number of carbonyl (C=O) groups is 1. The zero-order valence-electron chi connectivity index (χ0n) is 11.7.